The Morgan fingerprint density at radius 3 is 2.00 bits per heavy atom. The average Bonchev–Trinajstić information content (AvgIpc) is 1.59. The molecule has 0 radical (unpaired) electrons. The lowest BCUT2D eigenvalue weighted by molar-refractivity contribution is 0.0612. The fourth-order valence-electron chi connectivity index (χ4n) is 1.23. The summed E-state index contributed by atoms with van der Waals surface area (Å²) in [5.74, 6) is 0. The second-order valence-corrected chi connectivity index (χ2v) is 2.70. The molecule has 52 valence electrons. The standard InChI is InChI=1S/C7H12O2/c1-5-2-6(8)4-7(9)3-5/h6-9H,1-4H2/t6-,7-/m1/s1. The van der Waals surface area contributed by atoms with E-state index < -0.39 is 0 Å². The highest BCUT2D eigenvalue weighted by atomic mass is 16.3. The van der Waals surface area contributed by atoms with E-state index in [4.69, 9.17) is 10.2 Å². The Bertz CT molecular complexity index is 108. The highest BCUT2D eigenvalue weighted by Crippen LogP contribution is 2.21. The van der Waals surface area contributed by atoms with E-state index in [2.05, 4.69) is 6.58 Å². The quantitative estimate of drug-likeness (QED) is 0.465. The van der Waals surface area contributed by atoms with E-state index in [1.54, 1.807) is 0 Å². The van der Waals surface area contributed by atoms with Crippen LogP contribution in [0.25, 0.3) is 0 Å². The van der Waals surface area contributed by atoms with Gasteiger partial charge in [-0.05, 0) is 19.3 Å². The summed E-state index contributed by atoms with van der Waals surface area (Å²) in [6.07, 6.45) is 1.12. The summed E-state index contributed by atoms with van der Waals surface area (Å²) < 4.78 is 0. The fraction of sp³-hybridized carbons (Fsp3) is 0.714. The number of aliphatic hydroxyl groups is 2. The van der Waals surface area contributed by atoms with E-state index in [0.29, 0.717) is 19.3 Å². The minimum Gasteiger partial charge on any atom is -0.393 e. The summed E-state index contributed by atoms with van der Waals surface area (Å²) in [5.41, 5.74) is 0.959. The van der Waals surface area contributed by atoms with Crippen LogP contribution in [0, 0.1) is 0 Å². The van der Waals surface area contributed by atoms with E-state index >= 15 is 0 Å². The Morgan fingerprint density at radius 1 is 1.22 bits per heavy atom. The van der Waals surface area contributed by atoms with Gasteiger partial charge in [-0.25, -0.2) is 0 Å². The van der Waals surface area contributed by atoms with Crippen LogP contribution in [-0.4, -0.2) is 22.4 Å². The Kier molecular flexibility index (Phi) is 1.88. The molecule has 0 heterocycles. The van der Waals surface area contributed by atoms with Gasteiger partial charge in [0.1, 0.15) is 0 Å². The zero-order chi connectivity index (χ0) is 6.85. The molecule has 1 fully saturated rings. The molecule has 1 rings (SSSR count). The van der Waals surface area contributed by atoms with Gasteiger partial charge in [-0.15, -0.1) is 0 Å². The predicted molar refractivity (Wildman–Crippen MR) is 35.0 cm³/mol. The molecule has 2 nitrogen and oxygen atoms in total. The predicted octanol–water partition coefficient (Wildman–Crippen LogP) is 0.448. The van der Waals surface area contributed by atoms with E-state index in [9.17, 15) is 0 Å². The third-order valence-electron chi connectivity index (χ3n) is 1.59. The first kappa shape index (κ1) is 6.78. The zero-order valence-corrected chi connectivity index (χ0v) is 5.38. The molecule has 0 unspecified atom stereocenters. The van der Waals surface area contributed by atoms with Crippen molar-refractivity contribution in [3.8, 4) is 0 Å². The average molecular weight is 128 g/mol. The Morgan fingerprint density at radius 2 is 1.67 bits per heavy atom. The summed E-state index contributed by atoms with van der Waals surface area (Å²) in [6, 6.07) is 0. The molecule has 0 amide bonds. The molecule has 2 atom stereocenters. The second kappa shape index (κ2) is 2.50. The van der Waals surface area contributed by atoms with Gasteiger partial charge in [0.2, 0.25) is 0 Å². The lowest BCUT2D eigenvalue weighted by Crippen LogP contribution is -2.24. The van der Waals surface area contributed by atoms with Gasteiger partial charge >= 0.3 is 0 Å². The molecule has 1 aliphatic carbocycles. The maximum atomic E-state index is 9.03. The molecular formula is C7H12O2. The zero-order valence-electron chi connectivity index (χ0n) is 5.38. The molecule has 0 aromatic rings. The third-order valence-corrected chi connectivity index (χ3v) is 1.59. The van der Waals surface area contributed by atoms with E-state index in [1.165, 1.54) is 0 Å². The van der Waals surface area contributed by atoms with Crippen molar-refractivity contribution in [2.24, 2.45) is 0 Å². The van der Waals surface area contributed by atoms with Crippen LogP contribution in [0.4, 0.5) is 0 Å². The lowest BCUT2D eigenvalue weighted by atomic mass is 9.92. The topological polar surface area (TPSA) is 40.5 Å². The molecule has 0 spiro atoms. The molecule has 0 aromatic carbocycles. The molecule has 1 saturated carbocycles. The van der Waals surface area contributed by atoms with Gasteiger partial charge in [0.05, 0.1) is 12.2 Å². The van der Waals surface area contributed by atoms with E-state index in [1.807, 2.05) is 0 Å². The van der Waals surface area contributed by atoms with Crippen molar-refractivity contribution in [2.75, 3.05) is 0 Å². The van der Waals surface area contributed by atoms with Crippen molar-refractivity contribution in [1.29, 1.82) is 0 Å². The molecule has 0 bridgehead atoms. The van der Waals surface area contributed by atoms with Gasteiger partial charge in [-0.1, -0.05) is 12.2 Å². The highest BCUT2D eigenvalue weighted by Gasteiger charge is 2.19. The van der Waals surface area contributed by atoms with Crippen LogP contribution in [0.15, 0.2) is 12.2 Å². The first-order valence-electron chi connectivity index (χ1n) is 3.21. The lowest BCUT2D eigenvalue weighted by Gasteiger charge is -2.23. The molecule has 9 heavy (non-hydrogen) atoms. The SMILES string of the molecule is C=C1C[C@@H](O)C[C@H](O)C1. The van der Waals surface area contributed by atoms with E-state index in [0.717, 1.165) is 5.57 Å². The first-order valence-corrected chi connectivity index (χ1v) is 3.21. The van der Waals surface area contributed by atoms with Crippen LogP contribution in [-0.2, 0) is 0 Å². The van der Waals surface area contributed by atoms with Gasteiger partial charge in [0, 0.05) is 0 Å². The Hall–Kier alpha value is -0.340. The van der Waals surface area contributed by atoms with Crippen molar-refractivity contribution < 1.29 is 10.2 Å². The monoisotopic (exact) mass is 128 g/mol. The number of hydrogen-bond donors (Lipinski definition) is 2. The van der Waals surface area contributed by atoms with Crippen molar-refractivity contribution in [2.45, 2.75) is 31.5 Å². The number of hydrogen-bond acceptors (Lipinski definition) is 2. The van der Waals surface area contributed by atoms with Crippen LogP contribution < -0.4 is 0 Å². The minimum absolute atomic E-state index is 0.360. The summed E-state index contributed by atoms with van der Waals surface area (Å²) in [5, 5.41) is 18.1. The van der Waals surface area contributed by atoms with Crippen LogP contribution in [0.2, 0.25) is 0 Å². The number of rotatable bonds is 0. The normalized spacial score (nSPS) is 36.9. The molecule has 0 aliphatic heterocycles. The summed E-state index contributed by atoms with van der Waals surface area (Å²) >= 11 is 0. The maximum absolute atomic E-state index is 9.03. The number of aliphatic hydroxyl groups excluding tert-OH is 2. The summed E-state index contributed by atoms with van der Waals surface area (Å²) in [6.45, 7) is 3.70. The largest absolute Gasteiger partial charge is 0.393 e. The van der Waals surface area contributed by atoms with Gasteiger partial charge in [0.25, 0.3) is 0 Å². The van der Waals surface area contributed by atoms with Crippen LogP contribution in [0.1, 0.15) is 19.3 Å². The molecule has 0 saturated heterocycles. The summed E-state index contributed by atoms with van der Waals surface area (Å²) in [4.78, 5) is 0. The van der Waals surface area contributed by atoms with E-state index in [-0.39, 0.29) is 12.2 Å². The molecule has 2 heteroatoms. The minimum atomic E-state index is -0.360. The molecule has 2 N–H and O–H groups in total. The second-order valence-electron chi connectivity index (χ2n) is 2.70. The van der Waals surface area contributed by atoms with Gasteiger partial charge in [-0.3, -0.25) is 0 Å². The molecule has 1 aliphatic rings. The molecule has 0 aromatic heterocycles. The third kappa shape index (κ3) is 1.80. The van der Waals surface area contributed by atoms with Crippen molar-refractivity contribution >= 4 is 0 Å². The van der Waals surface area contributed by atoms with Gasteiger partial charge in [0.15, 0.2) is 0 Å². The van der Waals surface area contributed by atoms with Crippen LogP contribution in [0.3, 0.4) is 0 Å². The van der Waals surface area contributed by atoms with Gasteiger partial charge < -0.3 is 10.2 Å². The maximum Gasteiger partial charge on any atom is 0.0601 e. The van der Waals surface area contributed by atoms with Crippen LogP contribution >= 0.6 is 0 Å². The Labute approximate surface area is 54.8 Å². The highest BCUT2D eigenvalue weighted by molar-refractivity contribution is 5.02. The summed E-state index contributed by atoms with van der Waals surface area (Å²) in [7, 11) is 0. The molecular weight excluding hydrogens is 116 g/mol. The van der Waals surface area contributed by atoms with Crippen LogP contribution in [0.5, 0.6) is 0 Å². The van der Waals surface area contributed by atoms with Crippen molar-refractivity contribution in [1.82, 2.24) is 0 Å². The fourth-order valence-corrected chi connectivity index (χ4v) is 1.23. The van der Waals surface area contributed by atoms with Crippen molar-refractivity contribution in [3.63, 3.8) is 0 Å². The Balaban J connectivity index is 2.43. The van der Waals surface area contributed by atoms with Crippen molar-refractivity contribution in [3.05, 3.63) is 12.2 Å². The first-order chi connectivity index (χ1) is 4.18. The van der Waals surface area contributed by atoms with Gasteiger partial charge in [-0.2, -0.15) is 0 Å². The smallest absolute Gasteiger partial charge is 0.0601 e.